The molecule has 0 fully saturated rings. The molecule has 0 spiro atoms. The fraction of sp³-hybridized carbons (Fsp3) is 0.429. The van der Waals surface area contributed by atoms with E-state index in [9.17, 15) is 0 Å². The third-order valence-electron chi connectivity index (χ3n) is 1.07. The number of hydrogen-bond acceptors (Lipinski definition) is 3. The lowest BCUT2D eigenvalue weighted by atomic mass is 10.3. The quantitative estimate of drug-likeness (QED) is 0.459. The second-order valence-corrected chi connectivity index (χ2v) is 1.91. The molecule has 0 aromatic carbocycles. The molecule has 3 nitrogen and oxygen atoms in total. The molecule has 0 aliphatic rings. The molecule has 0 radical (unpaired) electrons. The van der Waals surface area contributed by atoms with E-state index in [4.69, 9.17) is 10.6 Å². The van der Waals surface area contributed by atoms with E-state index in [0.717, 1.165) is 5.57 Å². The normalized spacial score (nSPS) is 10.3. The van der Waals surface area contributed by atoms with Gasteiger partial charge in [0.05, 0.1) is 7.11 Å². The van der Waals surface area contributed by atoms with Crippen molar-refractivity contribution in [2.75, 3.05) is 20.7 Å². The van der Waals surface area contributed by atoms with Crippen molar-refractivity contribution >= 4 is 0 Å². The predicted octanol–water partition coefficient (Wildman–Crippen LogP) is 0.508. The van der Waals surface area contributed by atoms with Crippen molar-refractivity contribution in [2.45, 2.75) is 0 Å². The van der Waals surface area contributed by atoms with Crippen LogP contribution >= 0.6 is 0 Å². The molecule has 0 bridgehead atoms. The highest BCUT2D eigenvalue weighted by Gasteiger charge is 1.84. The molecule has 0 aromatic heterocycles. The number of nitrogens with zero attached hydrogens (tertiary/aromatic N) is 1. The van der Waals surface area contributed by atoms with Crippen LogP contribution in [0.3, 0.4) is 0 Å². The van der Waals surface area contributed by atoms with Gasteiger partial charge in [-0.15, -0.1) is 0 Å². The van der Waals surface area contributed by atoms with Crippen molar-refractivity contribution in [1.82, 2.24) is 5.06 Å². The first-order chi connectivity index (χ1) is 4.70. The minimum atomic E-state index is 0.480. The van der Waals surface area contributed by atoms with Crippen molar-refractivity contribution in [3.05, 3.63) is 24.4 Å². The maximum absolute atomic E-state index is 5.29. The van der Waals surface area contributed by atoms with E-state index >= 15 is 0 Å². The Morgan fingerprint density at radius 3 is 2.80 bits per heavy atom. The lowest BCUT2D eigenvalue weighted by Gasteiger charge is -2.08. The molecule has 0 unspecified atom stereocenters. The Bertz CT molecular complexity index is 132. The minimum Gasteiger partial charge on any atom is -0.327 e. The van der Waals surface area contributed by atoms with Crippen LogP contribution in [0.15, 0.2) is 24.4 Å². The van der Waals surface area contributed by atoms with Crippen molar-refractivity contribution in [3.63, 3.8) is 0 Å². The second kappa shape index (κ2) is 5.02. The number of nitrogens with two attached hydrogens (primary N) is 1. The lowest BCUT2D eigenvalue weighted by molar-refractivity contribution is -0.0645. The van der Waals surface area contributed by atoms with Crippen molar-refractivity contribution in [3.8, 4) is 0 Å². The van der Waals surface area contributed by atoms with E-state index in [-0.39, 0.29) is 0 Å². The second-order valence-electron chi connectivity index (χ2n) is 1.91. The van der Waals surface area contributed by atoms with Gasteiger partial charge in [0.25, 0.3) is 0 Å². The van der Waals surface area contributed by atoms with Crippen LogP contribution < -0.4 is 5.73 Å². The first-order valence-corrected chi connectivity index (χ1v) is 3.03. The van der Waals surface area contributed by atoms with Gasteiger partial charge in [-0.1, -0.05) is 6.58 Å². The summed E-state index contributed by atoms with van der Waals surface area (Å²) in [4.78, 5) is 4.81. The molecule has 10 heavy (non-hydrogen) atoms. The summed E-state index contributed by atoms with van der Waals surface area (Å²) in [6.07, 6.45) is 3.57. The molecule has 0 rings (SSSR count). The number of hydroxylamine groups is 2. The third kappa shape index (κ3) is 4.12. The summed E-state index contributed by atoms with van der Waals surface area (Å²) in [7, 11) is 3.38. The monoisotopic (exact) mass is 142 g/mol. The molecule has 0 saturated carbocycles. The summed E-state index contributed by atoms with van der Waals surface area (Å²) in [6, 6.07) is 0. The Labute approximate surface area is 61.7 Å². The van der Waals surface area contributed by atoms with E-state index in [0.29, 0.717) is 6.54 Å². The molecule has 0 aliphatic heterocycles. The fourth-order valence-electron chi connectivity index (χ4n) is 0.339. The molecule has 0 atom stereocenters. The Morgan fingerprint density at radius 2 is 2.40 bits per heavy atom. The van der Waals surface area contributed by atoms with Gasteiger partial charge in [0.2, 0.25) is 0 Å². The van der Waals surface area contributed by atoms with Gasteiger partial charge in [0.15, 0.2) is 0 Å². The predicted molar refractivity (Wildman–Crippen MR) is 42.1 cm³/mol. The smallest absolute Gasteiger partial charge is 0.0638 e. The van der Waals surface area contributed by atoms with Crippen LogP contribution in [0.1, 0.15) is 0 Å². The molecule has 0 amide bonds. The van der Waals surface area contributed by atoms with Crippen LogP contribution in [0.25, 0.3) is 0 Å². The van der Waals surface area contributed by atoms with Gasteiger partial charge < -0.3 is 5.73 Å². The van der Waals surface area contributed by atoms with E-state index in [1.54, 1.807) is 25.4 Å². The highest BCUT2D eigenvalue weighted by atomic mass is 16.7. The highest BCUT2D eigenvalue weighted by Crippen LogP contribution is 1.90. The molecule has 3 heteroatoms. The van der Waals surface area contributed by atoms with Gasteiger partial charge in [-0.2, -0.15) is 0 Å². The molecule has 58 valence electrons. The molecular formula is C7H14N2O. The zero-order chi connectivity index (χ0) is 7.98. The molecule has 2 N–H and O–H groups in total. The Morgan fingerprint density at radius 1 is 1.80 bits per heavy atom. The van der Waals surface area contributed by atoms with Gasteiger partial charge in [-0.25, -0.2) is 0 Å². The molecule has 0 aromatic rings. The molecule has 0 aliphatic carbocycles. The zero-order valence-corrected chi connectivity index (χ0v) is 6.50. The van der Waals surface area contributed by atoms with Gasteiger partial charge in [0, 0.05) is 19.8 Å². The summed E-state index contributed by atoms with van der Waals surface area (Å²) >= 11 is 0. The molecule has 0 heterocycles. The van der Waals surface area contributed by atoms with Crippen LogP contribution in [0.5, 0.6) is 0 Å². The van der Waals surface area contributed by atoms with Crippen LogP contribution in [0, 0.1) is 0 Å². The van der Waals surface area contributed by atoms with Crippen molar-refractivity contribution in [2.24, 2.45) is 5.73 Å². The molecular weight excluding hydrogens is 128 g/mol. The van der Waals surface area contributed by atoms with Crippen molar-refractivity contribution in [1.29, 1.82) is 0 Å². The van der Waals surface area contributed by atoms with E-state index in [1.807, 2.05) is 6.08 Å². The summed E-state index contributed by atoms with van der Waals surface area (Å²) < 4.78 is 0. The van der Waals surface area contributed by atoms with E-state index < -0.39 is 0 Å². The average molecular weight is 142 g/mol. The summed E-state index contributed by atoms with van der Waals surface area (Å²) in [6.45, 7) is 4.17. The summed E-state index contributed by atoms with van der Waals surface area (Å²) in [5, 5.41) is 1.57. The van der Waals surface area contributed by atoms with Crippen LogP contribution in [0.4, 0.5) is 0 Å². The highest BCUT2D eigenvalue weighted by molar-refractivity contribution is 5.14. The fourth-order valence-corrected chi connectivity index (χ4v) is 0.339. The topological polar surface area (TPSA) is 38.5 Å². The average Bonchev–Trinajstić information content (AvgIpc) is 1.99. The first-order valence-electron chi connectivity index (χ1n) is 3.03. The summed E-state index contributed by atoms with van der Waals surface area (Å²) in [5.41, 5.74) is 6.17. The SMILES string of the molecule is C=C(/C=C\N(C)OC)CN. The minimum absolute atomic E-state index is 0.480. The van der Waals surface area contributed by atoms with Gasteiger partial charge in [-0.3, -0.25) is 9.90 Å². The summed E-state index contributed by atoms with van der Waals surface area (Å²) in [5.74, 6) is 0. The molecule has 0 saturated heterocycles. The number of hydrogen-bond donors (Lipinski definition) is 1. The Balaban J connectivity index is 3.63. The Hall–Kier alpha value is -0.800. The van der Waals surface area contributed by atoms with Crippen LogP contribution in [0.2, 0.25) is 0 Å². The first kappa shape index (κ1) is 9.20. The van der Waals surface area contributed by atoms with E-state index in [2.05, 4.69) is 6.58 Å². The van der Waals surface area contributed by atoms with Crippen LogP contribution in [-0.4, -0.2) is 25.8 Å². The number of rotatable bonds is 4. The standard InChI is InChI=1S/C7H14N2O/c1-7(6-8)4-5-9(2)10-3/h4-5H,1,6,8H2,2-3H3/b5-4-. The maximum atomic E-state index is 5.29. The van der Waals surface area contributed by atoms with Gasteiger partial charge in [-0.05, 0) is 11.6 Å². The third-order valence-corrected chi connectivity index (χ3v) is 1.07. The Kier molecular flexibility index (Phi) is 4.62. The van der Waals surface area contributed by atoms with Gasteiger partial charge >= 0.3 is 0 Å². The van der Waals surface area contributed by atoms with Crippen molar-refractivity contribution < 1.29 is 4.84 Å². The van der Waals surface area contributed by atoms with Crippen LogP contribution in [-0.2, 0) is 4.84 Å². The maximum Gasteiger partial charge on any atom is 0.0638 e. The largest absolute Gasteiger partial charge is 0.327 e. The van der Waals surface area contributed by atoms with E-state index in [1.165, 1.54) is 0 Å². The zero-order valence-electron chi connectivity index (χ0n) is 6.50. The van der Waals surface area contributed by atoms with Gasteiger partial charge in [0.1, 0.15) is 0 Å². The lowest BCUT2D eigenvalue weighted by Crippen LogP contribution is -2.08.